The Labute approximate surface area is 127 Å². The molecule has 2 unspecified atom stereocenters. The molecule has 2 aliphatic rings. The standard InChI is InChI=1S/C16H17NO3S/c18-7-2-1-4-11-8-12(21-10-11)9-17-15(19)13-5-3-6-14(13)16(17)20/h8,10,13-14,18H,2-3,5-7,9H2. The van der Waals surface area contributed by atoms with Crippen LogP contribution in [0.5, 0.6) is 0 Å². The van der Waals surface area contributed by atoms with E-state index in [9.17, 15) is 9.59 Å². The third kappa shape index (κ3) is 2.74. The van der Waals surface area contributed by atoms with Gasteiger partial charge in [-0.2, -0.15) is 0 Å². The van der Waals surface area contributed by atoms with Crippen molar-refractivity contribution in [3.63, 3.8) is 0 Å². The molecule has 21 heavy (non-hydrogen) atoms. The number of aliphatic hydroxyl groups is 1. The summed E-state index contributed by atoms with van der Waals surface area (Å²) in [6.45, 7) is 0.431. The second kappa shape index (κ2) is 6.00. The summed E-state index contributed by atoms with van der Waals surface area (Å²) in [6, 6.07) is 1.92. The van der Waals surface area contributed by atoms with Crippen molar-refractivity contribution in [2.24, 2.45) is 11.8 Å². The van der Waals surface area contributed by atoms with Crippen molar-refractivity contribution >= 4 is 23.2 Å². The van der Waals surface area contributed by atoms with E-state index in [0.717, 1.165) is 29.7 Å². The molecule has 5 heteroatoms. The van der Waals surface area contributed by atoms with Gasteiger partial charge in [0.2, 0.25) is 11.8 Å². The van der Waals surface area contributed by atoms with Crippen molar-refractivity contribution in [1.82, 2.24) is 4.90 Å². The van der Waals surface area contributed by atoms with E-state index in [-0.39, 0.29) is 30.3 Å². The van der Waals surface area contributed by atoms with E-state index in [1.807, 2.05) is 11.4 Å². The Morgan fingerprint density at radius 2 is 2.00 bits per heavy atom. The number of aliphatic hydroxyl groups excluding tert-OH is 1. The smallest absolute Gasteiger partial charge is 0.233 e. The van der Waals surface area contributed by atoms with Gasteiger partial charge in [0, 0.05) is 22.2 Å². The van der Waals surface area contributed by atoms with Gasteiger partial charge in [0.1, 0.15) is 0 Å². The van der Waals surface area contributed by atoms with Gasteiger partial charge in [0.05, 0.1) is 25.0 Å². The Morgan fingerprint density at radius 1 is 1.29 bits per heavy atom. The molecule has 1 N–H and O–H groups in total. The van der Waals surface area contributed by atoms with Crippen LogP contribution in [0.25, 0.3) is 0 Å². The average Bonchev–Trinajstić information content (AvgIpc) is 3.16. The fraction of sp³-hybridized carbons (Fsp3) is 0.500. The zero-order valence-electron chi connectivity index (χ0n) is 11.7. The summed E-state index contributed by atoms with van der Waals surface area (Å²) >= 11 is 1.52. The highest BCUT2D eigenvalue weighted by Gasteiger charge is 2.49. The molecule has 1 aliphatic carbocycles. The number of amides is 2. The molecule has 1 aromatic rings. The minimum Gasteiger partial charge on any atom is -0.395 e. The monoisotopic (exact) mass is 303 g/mol. The fourth-order valence-corrected chi connectivity index (χ4v) is 3.93. The van der Waals surface area contributed by atoms with Crippen molar-refractivity contribution in [1.29, 1.82) is 0 Å². The van der Waals surface area contributed by atoms with Crippen molar-refractivity contribution in [3.8, 4) is 11.8 Å². The second-order valence-corrected chi connectivity index (χ2v) is 6.48. The predicted octanol–water partition coefficient (Wildman–Crippen LogP) is 1.77. The Balaban J connectivity index is 1.69. The first-order valence-electron chi connectivity index (χ1n) is 7.23. The highest BCUT2D eigenvalue weighted by Crippen LogP contribution is 2.40. The lowest BCUT2D eigenvalue weighted by Crippen LogP contribution is -2.30. The molecule has 2 amide bonds. The molecule has 1 saturated carbocycles. The number of hydrogen-bond acceptors (Lipinski definition) is 4. The maximum atomic E-state index is 12.3. The van der Waals surface area contributed by atoms with E-state index in [4.69, 9.17) is 5.11 Å². The lowest BCUT2D eigenvalue weighted by Gasteiger charge is -2.14. The van der Waals surface area contributed by atoms with Crippen LogP contribution < -0.4 is 0 Å². The molecule has 0 radical (unpaired) electrons. The number of fused-ring (bicyclic) bond motifs is 1. The molecule has 1 aliphatic heterocycles. The van der Waals surface area contributed by atoms with Crippen LogP contribution in [0.4, 0.5) is 0 Å². The number of likely N-dealkylation sites (tertiary alicyclic amines) is 1. The van der Waals surface area contributed by atoms with Crippen LogP contribution in [0, 0.1) is 23.7 Å². The van der Waals surface area contributed by atoms with E-state index in [1.54, 1.807) is 0 Å². The van der Waals surface area contributed by atoms with Gasteiger partial charge in [-0.3, -0.25) is 14.5 Å². The van der Waals surface area contributed by atoms with Crippen LogP contribution in [-0.4, -0.2) is 28.4 Å². The lowest BCUT2D eigenvalue weighted by molar-refractivity contribution is -0.140. The Morgan fingerprint density at radius 3 is 2.67 bits per heavy atom. The minimum absolute atomic E-state index is 0.00353. The summed E-state index contributed by atoms with van der Waals surface area (Å²) in [5.74, 6) is 5.70. The minimum atomic E-state index is -0.0683. The molecule has 0 bridgehead atoms. The maximum absolute atomic E-state index is 12.3. The molecule has 1 aromatic heterocycles. The summed E-state index contributed by atoms with van der Waals surface area (Å²) in [5.41, 5.74) is 0.878. The average molecular weight is 303 g/mol. The van der Waals surface area contributed by atoms with Gasteiger partial charge in [-0.1, -0.05) is 18.3 Å². The Bertz CT molecular complexity index is 603. The normalized spacial score (nSPS) is 24.1. The first kappa shape index (κ1) is 14.3. The van der Waals surface area contributed by atoms with Crippen LogP contribution >= 0.6 is 11.3 Å². The van der Waals surface area contributed by atoms with E-state index in [0.29, 0.717) is 13.0 Å². The molecular weight excluding hydrogens is 286 g/mol. The molecule has 1 saturated heterocycles. The van der Waals surface area contributed by atoms with Crippen molar-refractivity contribution < 1.29 is 14.7 Å². The quantitative estimate of drug-likeness (QED) is 0.684. The number of carbonyl (C=O) groups is 2. The SMILES string of the molecule is O=C1C2CCCC2C(=O)N1Cc1cc(C#CCCO)cs1. The summed E-state index contributed by atoms with van der Waals surface area (Å²) in [6.07, 6.45) is 3.16. The molecular formula is C16H17NO3S. The third-order valence-electron chi connectivity index (χ3n) is 4.12. The van der Waals surface area contributed by atoms with Crippen LogP contribution in [0.2, 0.25) is 0 Å². The number of imide groups is 1. The summed E-state index contributed by atoms with van der Waals surface area (Å²) in [4.78, 5) is 26.9. The summed E-state index contributed by atoms with van der Waals surface area (Å²) in [7, 11) is 0. The molecule has 3 rings (SSSR count). The lowest BCUT2D eigenvalue weighted by atomic mass is 10.00. The molecule has 2 fully saturated rings. The molecule has 0 aromatic carbocycles. The number of hydrogen-bond donors (Lipinski definition) is 1. The fourth-order valence-electron chi connectivity index (χ4n) is 3.12. The third-order valence-corrected chi connectivity index (χ3v) is 5.04. The first-order valence-corrected chi connectivity index (χ1v) is 8.11. The highest BCUT2D eigenvalue weighted by molar-refractivity contribution is 7.10. The van der Waals surface area contributed by atoms with E-state index in [2.05, 4.69) is 11.8 Å². The molecule has 2 heterocycles. The Hall–Kier alpha value is -1.64. The van der Waals surface area contributed by atoms with Crippen molar-refractivity contribution in [3.05, 3.63) is 21.9 Å². The Kier molecular flexibility index (Phi) is 4.09. The van der Waals surface area contributed by atoms with Gasteiger partial charge in [-0.15, -0.1) is 11.3 Å². The van der Waals surface area contributed by atoms with Gasteiger partial charge in [0.15, 0.2) is 0 Å². The topological polar surface area (TPSA) is 57.6 Å². The van der Waals surface area contributed by atoms with Crippen LogP contribution in [-0.2, 0) is 16.1 Å². The predicted molar refractivity (Wildman–Crippen MR) is 79.3 cm³/mol. The van der Waals surface area contributed by atoms with Crippen molar-refractivity contribution in [2.75, 3.05) is 6.61 Å². The number of rotatable bonds is 3. The van der Waals surface area contributed by atoms with Gasteiger partial charge >= 0.3 is 0 Å². The number of nitrogens with zero attached hydrogens (tertiary/aromatic N) is 1. The molecule has 110 valence electrons. The number of carbonyl (C=O) groups excluding carboxylic acids is 2. The van der Waals surface area contributed by atoms with E-state index >= 15 is 0 Å². The van der Waals surface area contributed by atoms with Gasteiger partial charge in [0.25, 0.3) is 0 Å². The first-order chi connectivity index (χ1) is 10.2. The van der Waals surface area contributed by atoms with Crippen LogP contribution in [0.1, 0.15) is 36.1 Å². The van der Waals surface area contributed by atoms with Crippen LogP contribution in [0.3, 0.4) is 0 Å². The molecule has 0 spiro atoms. The summed E-state index contributed by atoms with van der Waals surface area (Å²) in [5, 5.41) is 10.6. The van der Waals surface area contributed by atoms with Gasteiger partial charge in [-0.05, 0) is 18.9 Å². The van der Waals surface area contributed by atoms with Crippen molar-refractivity contribution in [2.45, 2.75) is 32.2 Å². The zero-order valence-corrected chi connectivity index (χ0v) is 12.5. The zero-order chi connectivity index (χ0) is 14.8. The van der Waals surface area contributed by atoms with Gasteiger partial charge in [-0.25, -0.2) is 0 Å². The largest absolute Gasteiger partial charge is 0.395 e. The van der Waals surface area contributed by atoms with Gasteiger partial charge < -0.3 is 5.11 Å². The van der Waals surface area contributed by atoms with Crippen LogP contribution in [0.15, 0.2) is 11.4 Å². The van der Waals surface area contributed by atoms with E-state index in [1.165, 1.54) is 16.2 Å². The van der Waals surface area contributed by atoms with E-state index < -0.39 is 0 Å². The highest BCUT2D eigenvalue weighted by atomic mass is 32.1. The second-order valence-electron chi connectivity index (χ2n) is 5.48. The maximum Gasteiger partial charge on any atom is 0.233 e. The molecule has 4 nitrogen and oxygen atoms in total. The molecule has 2 atom stereocenters. The summed E-state index contributed by atoms with van der Waals surface area (Å²) < 4.78 is 0. The number of thiophene rings is 1.